The minimum absolute atomic E-state index is 0.00485. The Morgan fingerprint density at radius 3 is 2.61 bits per heavy atom. The zero-order valence-electron chi connectivity index (χ0n) is 24.4. The van der Waals surface area contributed by atoms with Crippen LogP contribution in [0.5, 0.6) is 5.75 Å². The largest absolute Gasteiger partial charge is 0.573 e. The average Bonchev–Trinajstić information content (AvgIpc) is 3.46. The number of halogens is 3. The second-order valence-electron chi connectivity index (χ2n) is 10.0. The maximum Gasteiger partial charge on any atom is 0.573 e. The number of nitrogens with zero attached hydrogens (tertiary/aromatic N) is 4. The summed E-state index contributed by atoms with van der Waals surface area (Å²) in [5.74, 6) is 0.499. The lowest BCUT2D eigenvalue weighted by molar-refractivity contribution is -0.274. The molecule has 44 heavy (non-hydrogen) atoms. The number of guanidine groups is 1. The highest BCUT2D eigenvalue weighted by Crippen LogP contribution is 2.28. The molecule has 232 valence electrons. The van der Waals surface area contributed by atoms with Gasteiger partial charge in [-0.05, 0) is 78.7 Å². The van der Waals surface area contributed by atoms with E-state index in [0.717, 1.165) is 16.0 Å². The highest BCUT2D eigenvalue weighted by molar-refractivity contribution is 7.97. The molecule has 0 aliphatic rings. The fourth-order valence-electron chi connectivity index (χ4n) is 4.15. The first-order chi connectivity index (χ1) is 21.0. The molecule has 0 radical (unpaired) electrons. The van der Waals surface area contributed by atoms with E-state index < -0.39 is 12.4 Å². The van der Waals surface area contributed by atoms with Crippen LogP contribution in [0.3, 0.4) is 0 Å². The van der Waals surface area contributed by atoms with E-state index in [1.165, 1.54) is 58.3 Å². The molecule has 14 heteroatoms. The van der Waals surface area contributed by atoms with Gasteiger partial charge in [-0.25, -0.2) is 24.2 Å². The van der Waals surface area contributed by atoms with Crippen LogP contribution in [0.4, 0.5) is 18.0 Å². The SMILES string of the molecule is Cc1ccc(SNCN=C(N)NC(=O)NCCc2cccc(-c3ncn(-c4ccc(OC(F)(F)F)cc4)n3)c2)c(C(C)C)c1. The molecule has 3 aromatic carbocycles. The van der Waals surface area contributed by atoms with Crippen LogP contribution in [0.15, 0.2) is 82.9 Å². The molecule has 2 amide bonds. The van der Waals surface area contributed by atoms with Gasteiger partial charge in [0.15, 0.2) is 11.8 Å². The van der Waals surface area contributed by atoms with E-state index in [0.29, 0.717) is 30.4 Å². The molecule has 5 N–H and O–H groups in total. The van der Waals surface area contributed by atoms with Crippen molar-refractivity contribution in [3.63, 3.8) is 0 Å². The van der Waals surface area contributed by atoms with Crippen LogP contribution in [-0.2, 0) is 6.42 Å². The predicted octanol–water partition coefficient (Wildman–Crippen LogP) is 5.68. The Morgan fingerprint density at radius 2 is 1.89 bits per heavy atom. The highest BCUT2D eigenvalue weighted by atomic mass is 32.2. The van der Waals surface area contributed by atoms with Crippen molar-refractivity contribution in [2.45, 2.75) is 44.4 Å². The van der Waals surface area contributed by atoms with E-state index >= 15 is 0 Å². The predicted molar refractivity (Wildman–Crippen MR) is 164 cm³/mol. The number of aromatic nitrogens is 3. The Kier molecular flexibility index (Phi) is 10.8. The van der Waals surface area contributed by atoms with Gasteiger partial charge in [-0.3, -0.25) is 5.32 Å². The minimum Gasteiger partial charge on any atom is -0.406 e. The van der Waals surface area contributed by atoms with Gasteiger partial charge < -0.3 is 15.8 Å². The number of urea groups is 1. The van der Waals surface area contributed by atoms with Gasteiger partial charge in [0.1, 0.15) is 18.7 Å². The third-order valence-electron chi connectivity index (χ3n) is 6.24. The lowest BCUT2D eigenvalue weighted by atomic mass is 10.0. The second-order valence-corrected chi connectivity index (χ2v) is 11.0. The smallest absolute Gasteiger partial charge is 0.406 e. The number of benzene rings is 3. The van der Waals surface area contributed by atoms with Gasteiger partial charge in [-0.1, -0.05) is 49.7 Å². The Morgan fingerprint density at radius 1 is 1.11 bits per heavy atom. The Labute approximate surface area is 257 Å². The maximum absolute atomic E-state index is 12.4. The van der Waals surface area contributed by atoms with Crippen molar-refractivity contribution < 1.29 is 22.7 Å². The normalized spacial score (nSPS) is 11.9. The van der Waals surface area contributed by atoms with E-state index in [1.54, 1.807) is 0 Å². The van der Waals surface area contributed by atoms with Gasteiger partial charge in [0.25, 0.3) is 0 Å². The molecule has 0 spiro atoms. The first-order valence-corrected chi connectivity index (χ1v) is 14.5. The maximum atomic E-state index is 12.4. The zero-order valence-corrected chi connectivity index (χ0v) is 25.2. The van der Waals surface area contributed by atoms with E-state index in [2.05, 4.69) is 74.1 Å². The number of nitrogens with one attached hydrogen (secondary N) is 3. The Hall–Kier alpha value is -4.56. The van der Waals surface area contributed by atoms with E-state index in [4.69, 9.17) is 5.73 Å². The molecular weight excluding hydrogens is 593 g/mol. The number of amides is 2. The van der Waals surface area contributed by atoms with Crippen LogP contribution in [0, 0.1) is 6.92 Å². The standard InChI is InChI=1S/C30H33F3N8O2S/c1-19(2)25-15-20(3)7-12-26(25)44-38-17-36-28(34)39-29(42)35-14-13-21-5-4-6-22(16-21)27-37-18-41(40-27)23-8-10-24(11-9-23)43-30(31,32)33/h4-12,15-16,18-19,38H,13-14,17H2,1-3H3,(H4,34,35,36,39,42). The van der Waals surface area contributed by atoms with Crippen LogP contribution < -0.4 is 25.8 Å². The quantitative estimate of drug-likeness (QED) is 0.0730. The third kappa shape index (κ3) is 9.74. The summed E-state index contributed by atoms with van der Waals surface area (Å²) in [7, 11) is 0. The van der Waals surface area contributed by atoms with E-state index in [9.17, 15) is 18.0 Å². The average molecular weight is 627 g/mol. The molecule has 1 heterocycles. The number of hydrogen-bond donors (Lipinski definition) is 4. The fraction of sp³-hybridized carbons (Fsp3) is 0.267. The van der Waals surface area contributed by atoms with Gasteiger partial charge in [0.2, 0.25) is 0 Å². The summed E-state index contributed by atoms with van der Waals surface area (Å²) in [5, 5.41) is 9.70. The molecule has 0 saturated heterocycles. The van der Waals surface area contributed by atoms with Crippen LogP contribution in [0.1, 0.15) is 36.5 Å². The van der Waals surface area contributed by atoms with Gasteiger partial charge in [-0.2, -0.15) is 0 Å². The summed E-state index contributed by atoms with van der Waals surface area (Å²) in [6.07, 6.45) is -2.75. The summed E-state index contributed by atoms with van der Waals surface area (Å²) in [5.41, 5.74) is 10.5. The van der Waals surface area contributed by atoms with Crippen molar-refractivity contribution in [2.75, 3.05) is 13.2 Å². The monoisotopic (exact) mass is 626 g/mol. The third-order valence-corrected chi connectivity index (χ3v) is 7.10. The van der Waals surface area contributed by atoms with Crippen LogP contribution in [0.25, 0.3) is 17.1 Å². The molecule has 0 saturated carbocycles. The lowest BCUT2D eigenvalue weighted by Gasteiger charge is -2.13. The summed E-state index contributed by atoms with van der Waals surface area (Å²) in [6.45, 7) is 6.92. The molecule has 0 atom stereocenters. The first-order valence-electron chi connectivity index (χ1n) is 13.7. The summed E-state index contributed by atoms with van der Waals surface area (Å²) in [4.78, 5) is 21.9. The number of aryl methyl sites for hydroxylation is 1. The van der Waals surface area contributed by atoms with E-state index in [-0.39, 0.29) is 18.4 Å². The molecule has 0 aliphatic heterocycles. The van der Waals surface area contributed by atoms with Gasteiger partial charge in [0.05, 0.1) is 5.69 Å². The van der Waals surface area contributed by atoms with Crippen molar-refractivity contribution in [3.05, 3.63) is 89.7 Å². The summed E-state index contributed by atoms with van der Waals surface area (Å²) < 4.78 is 45.7. The molecule has 0 unspecified atom stereocenters. The summed E-state index contributed by atoms with van der Waals surface area (Å²) >= 11 is 1.47. The first kappa shape index (κ1) is 32.4. The van der Waals surface area contributed by atoms with E-state index in [1.807, 2.05) is 24.3 Å². The van der Waals surface area contributed by atoms with Gasteiger partial charge in [0, 0.05) is 17.0 Å². The number of carbonyl (C=O) groups is 1. The lowest BCUT2D eigenvalue weighted by Crippen LogP contribution is -2.44. The van der Waals surface area contributed by atoms with Crippen LogP contribution in [-0.4, -0.2) is 46.3 Å². The number of nitrogens with two attached hydrogens (primary N) is 1. The number of hydrogen-bond acceptors (Lipinski definition) is 7. The molecule has 4 aromatic rings. The molecule has 10 nitrogen and oxygen atoms in total. The van der Waals surface area contributed by atoms with Gasteiger partial charge in [-0.15, -0.1) is 18.3 Å². The van der Waals surface area contributed by atoms with Crippen molar-refractivity contribution in [3.8, 4) is 22.8 Å². The highest BCUT2D eigenvalue weighted by Gasteiger charge is 2.31. The number of ether oxygens (including phenoxy) is 1. The number of rotatable bonds is 11. The van der Waals surface area contributed by atoms with Crippen LogP contribution in [0.2, 0.25) is 0 Å². The Bertz CT molecular complexity index is 1590. The Balaban J connectivity index is 1.22. The molecule has 4 rings (SSSR count). The van der Waals surface area contributed by atoms with Crippen molar-refractivity contribution >= 4 is 23.9 Å². The zero-order chi connectivity index (χ0) is 31.7. The number of aliphatic imine (C=N–C) groups is 1. The molecule has 0 aliphatic carbocycles. The van der Waals surface area contributed by atoms with Gasteiger partial charge >= 0.3 is 12.4 Å². The molecule has 0 fully saturated rings. The fourth-order valence-corrected chi connectivity index (χ4v) is 4.98. The second kappa shape index (κ2) is 14.8. The summed E-state index contributed by atoms with van der Waals surface area (Å²) in [6, 6.07) is 18.7. The van der Waals surface area contributed by atoms with Crippen molar-refractivity contribution in [1.29, 1.82) is 0 Å². The van der Waals surface area contributed by atoms with Crippen molar-refractivity contribution in [1.82, 2.24) is 30.1 Å². The minimum atomic E-state index is -4.76. The molecular formula is C30H33F3N8O2S. The number of carbonyl (C=O) groups excluding carboxylic acids is 1. The molecule has 1 aromatic heterocycles. The number of alkyl halides is 3. The van der Waals surface area contributed by atoms with Crippen molar-refractivity contribution in [2.24, 2.45) is 10.7 Å². The topological polar surface area (TPSA) is 131 Å². The molecule has 0 bridgehead atoms. The van der Waals surface area contributed by atoms with Crippen LogP contribution >= 0.6 is 11.9 Å².